The number of hydrogen-bond donors (Lipinski definition) is 0. The van der Waals surface area contributed by atoms with Crippen molar-refractivity contribution in [3.8, 4) is 16.9 Å². The summed E-state index contributed by atoms with van der Waals surface area (Å²) in [6, 6.07) is 14.9. The normalized spacial score (nSPS) is 10.8. The molecular formula is C22H23NO4. The van der Waals surface area contributed by atoms with E-state index < -0.39 is 5.63 Å². The van der Waals surface area contributed by atoms with E-state index >= 15 is 0 Å². The Morgan fingerprint density at radius 2 is 1.78 bits per heavy atom. The van der Waals surface area contributed by atoms with E-state index in [1.54, 1.807) is 4.90 Å². The van der Waals surface area contributed by atoms with Gasteiger partial charge < -0.3 is 14.1 Å². The summed E-state index contributed by atoms with van der Waals surface area (Å²) in [5, 5.41) is 0.834. The maximum Gasteiger partial charge on any atom is 0.336 e. The summed E-state index contributed by atoms with van der Waals surface area (Å²) >= 11 is 0. The minimum atomic E-state index is -0.416. The fourth-order valence-corrected chi connectivity index (χ4v) is 3.16. The Kier molecular flexibility index (Phi) is 5.60. The van der Waals surface area contributed by atoms with Crippen molar-refractivity contribution in [2.45, 2.75) is 20.8 Å². The molecule has 27 heavy (non-hydrogen) atoms. The molecule has 0 saturated heterocycles. The molecule has 5 nitrogen and oxygen atoms in total. The number of rotatable bonds is 6. The zero-order chi connectivity index (χ0) is 19.4. The zero-order valence-electron chi connectivity index (χ0n) is 15.8. The lowest BCUT2D eigenvalue weighted by molar-refractivity contribution is -0.132. The molecule has 5 heteroatoms. The first kappa shape index (κ1) is 18.7. The monoisotopic (exact) mass is 365 g/mol. The average molecular weight is 365 g/mol. The van der Waals surface area contributed by atoms with Crippen LogP contribution in [-0.4, -0.2) is 30.5 Å². The van der Waals surface area contributed by atoms with Gasteiger partial charge in [-0.2, -0.15) is 0 Å². The number of benzene rings is 2. The molecule has 1 aromatic heterocycles. The number of hydrogen-bond acceptors (Lipinski definition) is 4. The Morgan fingerprint density at radius 3 is 2.44 bits per heavy atom. The summed E-state index contributed by atoms with van der Waals surface area (Å²) in [5.74, 6) is 0.468. The van der Waals surface area contributed by atoms with E-state index in [0.29, 0.717) is 30.0 Å². The van der Waals surface area contributed by atoms with Crippen LogP contribution in [0.5, 0.6) is 5.75 Å². The molecule has 0 aliphatic heterocycles. The van der Waals surface area contributed by atoms with Gasteiger partial charge >= 0.3 is 5.63 Å². The van der Waals surface area contributed by atoms with Crippen molar-refractivity contribution < 1.29 is 13.9 Å². The van der Waals surface area contributed by atoms with Gasteiger partial charge in [-0.1, -0.05) is 30.3 Å². The second-order valence-corrected chi connectivity index (χ2v) is 6.27. The predicted molar refractivity (Wildman–Crippen MR) is 106 cm³/mol. The number of likely N-dealkylation sites (N-methyl/N-ethyl adjacent to an activating group) is 1. The maximum atomic E-state index is 12.2. The first-order chi connectivity index (χ1) is 13.0. The number of carbonyl (C=O) groups excluding carboxylic acids is 1. The fourth-order valence-electron chi connectivity index (χ4n) is 3.16. The van der Waals surface area contributed by atoms with Gasteiger partial charge in [-0.15, -0.1) is 0 Å². The van der Waals surface area contributed by atoms with Crippen molar-refractivity contribution in [1.82, 2.24) is 4.90 Å². The molecule has 2 aromatic carbocycles. The molecular weight excluding hydrogens is 342 g/mol. The van der Waals surface area contributed by atoms with Crippen molar-refractivity contribution >= 4 is 16.9 Å². The maximum absolute atomic E-state index is 12.2. The Morgan fingerprint density at radius 1 is 1.07 bits per heavy atom. The third kappa shape index (κ3) is 3.87. The third-order valence-corrected chi connectivity index (χ3v) is 4.66. The smallest absolute Gasteiger partial charge is 0.336 e. The first-order valence-electron chi connectivity index (χ1n) is 9.08. The third-order valence-electron chi connectivity index (χ3n) is 4.66. The first-order valence-corrected chi connectivity index (χ1v) is 9.08. The number of ether oxygens (including phenoxy) is 1. The van der Waals surface area contributed by atoms with Crippen LogP contribution in [0.15, 0.2) is 57.7 Å². The minimum absolute atomic E-state index is 0.0450. The van der Waals surface area contributed by atoms with Crippen LogP contribution in [0.3, 0.4) is 0 Å². The molecule has 3 rings (SSSR count). The van der Waals surface area contributed by atoms with Gasteiger partial charge in [0.05, 0.1) is 0 Å². The highest BCUT2D eigenvalue weighted by molar-refractivity contribution is 5.95. The molecule has 1 amide bonds. The summed E-state index contributed by atoms with van der Waals surface area (Å²) in [7, 11) is 0. The van der Waals surface area contributed by atoms with Crippen LogP contribution in [-0.2, 0) is 4.79 Å². The van der Waals surface area contributed by atoms with E-state index in [-0.39, 0.29) is 12.5 Å². The average Bonchev–Trinajstić information content (AvgIpc) is 2.69. The van der Waals surface area contributed by atoms with Crippen LogP contribution >= 0.6 is 0 Å². The summed E-state index contributed by atoms with van der Waals surface area (Å²) in [6.45, 7) is 6.94. The molecule has 0 N–H and O–H groups in total. The van der Waals surface area contributed by atoms with E-state index in [2.05, 4.69) is 0 Å². The fraction of sp³-hybridized carbons (Fsp3) is 0.273. The topological polar surface area (TPSA) is 59.8 Å². The number of carbonyl (C=O) groups is 1. The standard InChI is InChI=1S/C22H23NO4/c1-4-23(5-2)20(24)14-26-19-12-11-17-18(16-9-7-6-8-10-16)13-21(25)27-22(17)15(19)3/h6-13H,4-5,14H2,1-3H3. The van der Waals surface area contributed by atoms with Gasteiger partial charge in [-0.05, 0) is 44.0 Å². The predicted octanol–water partition coefficient (Wildman–Crippen LogP) is 4.02. The lowest BCUT2D eigenvalue weighted by Gasteiger charge is -2.19. The van der Waals surface area contributed by atoms with E-state index in [9.17, 15) is 9.59 Å². The Hall–Kier alpha value is -3.08. The van der Waals surface area contributed by atoms with Gasteiger partial charge in [-0.25, -0.2) is 4.79 Å². The molecule has 0 atom stereocenters. The van der Waals surface area contributed by atoms with E-state index in [0.717, 1.165) is 16.5 Å². The van der Waals surface area contributed by atoms with Crippen LogP contribution in [0.1, 0.15) is 19.4 Å². The molecule has 3 aromatic rings. The molecule has 0 radical (unpaired) electrons. The van der Waals surface area contributed by atoms with Crippen LogP contribution in [0.2, 0.25) is 0 Å². The number of aryl methyl sites for hydroxylation is 1. The van der Waals surface area contributed by atoms with Crippen molar-refractivity contribution in [3.63, 3.8) is 0 Å². The number of nitrogens with zero attached hydrogens (tertiary/aromatic N) is 1. The lowest BCUT2D eigenvalue weighted by atomic mass is 10.0. The highest BCUT2D eigenvalue weighted by Crippen LogP contribution is 2.33. The van der Waals surface area contributed by atoms with Gasteiger partial charge in [0.15, 0.2) is 6.61 Å². The van der Waals surface area contributed by atoms with Gasteiger partial charge in [-0.3, -0.25) is 4.79 Å². The highest BCUT2D eigenvalue weighted by atomic mass is 16.5. The number of fused-ring (bicyclic) bond motifs is 1. The molecule has 0 spiro atoms. The molecule has 0 aliphatic carbocycles. The van der Waals surface area contributed by atoms with Gasteiger partial charge in [0.25, 0.3) is 5.91 Å². The lowest BCUT2D eigenvalue weighted by Crippen LogP contribution is -2.34. The van der Waals surface area contributed by atoms with Gasteiger partial charge in [0.2, 0.25) is 0 Å². The van der Waals surface area contributed by atoms with Crippen molar-refractivity contribution in [1.29, 1.82) is 0 Å². The molecule has 0 fully saturated rings. The molecule has 0 saturated carbocycles. The minimum Gasteiger partial charge on any atom is -0.483 e. The molecule has 0 bridgehead atoms. The molecule has 0 aliphatic rings. The largest absolute Gasteiger partial charge is 0.483 e. The van der Waals surface area contributed by atoms with Gasteiger partial charge in [0.1, 0.15) is 11.3 Å². The Balaban J connectivity index is 1.98. The van der Waals surface area contributed by atoms with Crippen molar-refractivity contribution in [2.75, 3.05) is 19.7 Å². The van der Waals surface area contributed by atoms with Crippen molar-refractivity contribution in [3.05, 3.63) is 64.5 Å². The summed E-state index contributed by atoms with van der Waals surface area (Å²) in [5.41, 5.74) is 2.53. The molecule has 1 heterocycles. The second kappa shape index (κ2) is 8.08. The van der Waals surface area contributed by atoms with Crippen molar-refractivity contribution in [2.24, 2.45) is 0 Å². The Bertz CT molecular complexity index is 1000. The molecule has 140 valence electrons. The van der Waals surface area contributed by atoms with Crippen LogP contribution < -0.4 is 10.4 Å². The van der Waals surface area contributed by atoms with E-state index in [1.807, 2.05) is 63.2 Å². The quantitative estimate of drug-likeness (QED) is 0.619. The highest BCUT2D eigenvalue weighted by Gasteiger charge is 2.15. The van der Waals surface area contributed by atoms with Crippen LogP contribution in [0.25, 0.3) is 22.1 Å². The van der Waals surface area contributed by atoms with Crippen LogP contribution in [0.4, 0.5) is 0 Å². The summed E-state index contributed by atoms with van der Waals surface area (Å²) in [6.07, 6.45) is 0. The van der Waals surface area contributed by atoms with Gasteiger partial charge in [0, 0.05) is 30.1 Å². The Labute approximate surface area is 158 Å². The molecule has 0 unspecified atom stereocenters. The van der Waals surface area contributed by atoms with E-state index in [4.69, 9.17) is 9.15 Å². The second-order valence-electron chi connectivity index (χ2n) is 6.27. The summed E-state index contributed by atoms with van der Waals surface area (Å²) in [4.78, 5) is 26.0. The summed E-state index contributed by atoms with van der Waals surface area (Å²) < 4.78 is 11.2. The SMILES string of the molecule is CCN(CC)C(=O)COc1ccc2c(-c3ccccc3)cc(=O)oc2c1C. The zero-order valence-corrected chi connectivity index (χ0v) is 15.8. The number of amides is 1. The van der Waals surface area contributed by atoms with E-state index in [1.165, 1.54) is 6.07 Å². The van der Waals surface area contributed by atoms with Crippen LogP contribution in [0, 0.1) is 6.92 Å².